The smallest absolute Gasteiger partial charge is 0.406 e. The summed E-state index contributed by atoms with van der Waals surface area (Å²) in [5, 5.41) is 3.05. The summed E-state index contributed by atoms with van der Waals surface area (Å²) in [6, 6.07) is 12.6. The van der Waals surface area contributed by atoms with Gasteiger partial charge >= 0.3 is 6.36 Å². The average molecular weight is 421 g/mol. The maximum atomic E-state index is 12.4. The molecule has 0 aromatic heterocycles. The summed E-state index contributed by atoms with van der Waals surface area (Å²) in [6.45, 7) is 3.84. The van der Waals surface area contributed by atoms with Gasteiger partial charge < -0.3 is 19.9 Å². The molecule has 1 aliphatic heterocycles. The number of piperazine rings is 1. The molecule has 9 heteroatoms. The van der Waals surface area contributed by atoms with Crippen molar-refractivity contribution in [1.29, 1.82) is 0 Å². The molecule has 0 radical (unpaired) electrons. The van der Waals surface area contributed by atoms with Gasteiger partial charge in [-0.1, -0.05) is 0 Å². The Balaban J connectivity index is 1.46. The number of alkyl halides is 3. The van der Waals surface area contributed by atoms with Crippen molar-refractivity contribution in [3.63, 3.8) is 0 Å². The third-order valence-corrected chi connectivity index (χ3v) is 4.80. The van der Waals surface area contributed by atoms with Gasteiger partial charge in [0.05, 0.1) is 6.54 Å². The number of nitrogens with zero attached hydrogens (tertiary/aromatic N) is 2. The SMILES string of the molecule is CC(=O)c1ccc(NCC(=O)N2CCN(c3ccc(OC(F)(F)F)cc3)CC2)cc1. The topological polar surface area (TPSA) is 61.9 Å². The number of Topliss-reactive ketones (excluding diaryl/α,β-unsaturated/α-hetero) is 1. The van der Waals surface area contributed by atoms with Crippen molar-refractivity contribution in [2.24, 2.45) is 0 Å². The zero-order chi connectivity index (χ0) is 21.7. The molecule has 1 amide bonds. The molecule has 1 aliphatic rings. The number of ether oxygens (including phenoxy) is 1. The lowest BCUT2D eigenvalue weighted by atomic mass is 10.1. The molecule has 0 saturated carbocycles. The van der Waals surface area contributed by atoms with E-state index < -0.39 is 6.36 Å². The second kappa shape index (κ2) is 9.06. The van der Waals surface area contributed by atoms with Gasteiger partial charge in [0.1, 0.15) is 5.75 Å². The van der Waals surface area contributed by atoms with E-state index >= 15 is 0 Å². The van der Waals surface area contributed by atoms with E-state index in [4.69, 9.17) is 0 Å². The predicted molar refractivity (Wildman–Crippen MR) is 107 cm³/mol. The first-order valence-electron chi connectivity index (χ1n) is 9.45. The zero-order valence-electron chi connectivity index (χ0n) is 16.4. The predicted octanol–water partition coefficient (Wildman–Crippen LogP) is 3.55. The highest BCUT2D eigenvalue weighted by atomic mass is 19.4. The molecule has 2 aromatic carbocycles. The zero-order valence-corrected chi connectivity index (χ0v) is 16.4. The Morgan fingerprint density at radius 1 is 0.967 bits per heavy atom. The highest BCUT2D eigenvalue weighted by molar-refractivity contribution is 5.94. The van der Waals surface area contributed by atoms with E-state index in [1.54, 1.807) is 41.3 Å². The maximum Gasteiger partial charge on any atom is 0.573 e. The standard InChI is InChI=1S/C21H22F3N3O3/c1-15(28)16-2-4-17(5-3-16)25-14-20(29)27-12-10-26(11-13-27)18-6-8-19(9-7-18)30-21(22,23)24/h2-9,25H,10-14H2,1H3. The van der Waals surface area contributed by atoms with Crippen molar-refractivity contribution in [3.8, 4) is 5.75 Å². The number of hydrogen-bond acceptors (Lipinski definition) is 5. The van der Waals surface area contributed by atoms with Crippen molar-refractivity contribution >= 4 is 23.1 Å². The number of nitrogens with one attached hydrogen (secondary N) is 1. The number of halogens is 3. The minimum Gasteiger partial charge on any atom is -0.406 e. The van der Waals surface area contributed by atoms with Crippen LogP contribution in [-0.4, -0.2) is 55.7 Å². The van der Waals surface area contributed by atoms with E-state index in [-0.39, 0.29) is 24.0 Å². The summed E-state index contributed by atoms with van der Waals surface area (Å²) in [5.74, 6) is -0.320. The molecule has 160 valence electrons. The Morgan fingerprint density at radius 3 is 2.10 bits per heavy atom. The second-order valence-corrected chi connectivity index (χ2v) is 6.90. The Bertz CT molecular complexity index is 875. The Morgan fingerprint density at radius 2 is 1.57 bits per heavy atom. The third kappa shape index (κ3) is 5.88. The quantitative estimate of drug-likeness (QED) is 0.723. The minimum atomic E-state index is -4.71. The highest BCUT2D eigenvalue weighted by Crippen LogP contribution is 2.25. The van der Waals surface area contributed by atoms with Gasteiger partial charge in [0.25, 0.3) is 0 Å². The van der Waals surface area contributed by atoms with Crippen LogP contribution in [0.5, 0.6) is 5.75 Å². The molecule has 1 fully saturated rings. The van der Waals surface area contributed by atoms with Crippen molar-refractivity contribution in [2.45, 2.75) is 13.3 Å². The van der Waals surface area contributed by atoms with Gasteiger partial charge in [-0.3, -0.25) is 9.59 Å². The van der Waals surface area contributed by atoms with Crippen LogP contribution in [-0.2, 0) is 4.79 Å². The number of rotatable bonds is 6. The Labute approximate surface area is 172 Å². The molecule has 3 rings (SSSR count). The van der Waals surface area contributed by atoms with Crippen LogP contribution in [0, 0.1) is 0 Å². The highest BCUT2D eigenvalue weighted by Gasteiger charge is 2.31. The molecular weight excluding hydrogens is 399 g/mol. The van der Waals surface area contributed by atoms with E-state index in [2.05, 4.69) is 10.1 Å². The van der Waals surface area contributed by atoms with Crippen molar-refractivity contribution < 1.29 is 27.5 Å². The van der Waals surface area contributed by atoms with Crippen molar-refractivity contribution in [1.82, 2.24) is 4.90 Å². The largest absolute Gasteiger partial charge is 0.573 e. The molecule has 1 heterocycles. The molecule has 0 unspecified atom stereocenters. The minimum absolute atomic E-state index is 0.0157. The molecule has 1 saturated heterocycles. The first-order valence-corrected chi connectivity index (χ1v) is 9.45. The van der Waals surface area contributed by atoms with E-state index in [1.807, 2.05) is 4.90 Å². The fourth-order valence-corrected chi connectivity index (χ4v) is 3.18. The molecule has 0 spiro atoms. The molecule has 2 aromatic rings. The molecule has 6 nitrogen and oxygen atoms in total. The second-order valence-electron chi connectivity index (χ2n) is 6.90. The number of anilines is 2. The summed E-state index contributed by atoms with van der Waals surface area (Å²) < 4.78 is 40.6. The number of ketones is 1. The lowest BCUT2D eigenvalue weighted by molar-refractivity contribution is -0.274. The maximum absolute atomic E-state index is 12.4. The number of carbonyl (C=O) groups is 2. The molecule has 0 bridgehead atoms. The van der Waals surface area contributed by atoms with Gasteiger partial charge in [0, 0.05) is 43.1 Å². The molecule has 1 N–H and O–H groups in total. The summed E-state index contributed by atoms with van der Waals surface area (Å²) in [7, 11) is 0. The van der Waals surface area contributed by atoms with Crippen LogP contribution < -0.4 is 15.0 Å². The van der Waals surface area contributed by atoms with Gasteiger partial charge in [-0.15, -0.1) is 13.2 Å². The van der Waals surface area contributed by atoms with Crippen LogP contribution in [0.3, 0.4) is 0 Å². The third-order valence-electron chi connectivity index (χ3n) is 4.80. The van der Waals surface area contributed by atoms with E-state index in [0.29, 0.717) is 31.7 Å². The molecule has 0 atom stereocenters. The fourth-order valence-electron chi connectivity index (χ4n) is 3.18. The van der Waals surface area contributed by atoms with Gasteiger partial charge in [-0.25, -0.2) is 0 Å². The first kappa shape index (κ1) is 21.5. The van der Waals surface area contributed by atoms with Crippen molar-refractivity contribution in [3.05, 3.63) is 54.1 Å². The Hall–Kier alpha value is -3.23. The van der Waals surface area contributed by atoms with Gasteiger partial charge in [-0.05, 0) is 55.5 Å². The van der Waals surface area contributed by atoms with Crippen LogP contribution in [0.1, 0.15) is 17.3 Å². The van der Waals surface area contributed by atoms with Gasteiger partial charge in [-0.2, -0.15) is 0 Å². The van der Waals surface area contributed by atoms with E-state index in [9.17, 15) is 22.8 Å². The normalized spacial score (nSPS) is 14.4. The number of benzene rings is 2. The molecular formula is C21H22F3N3O3. The number of amides is 1. The van der Waals surface area contributed by atoms with Crippen molar-refractivity contribution in [2.75, 3.05) is 42.9 Å². The van der Waals surface area contributed by atoms with E-state index in [1.165, 1.54) is 19.1 Å². The summed E-state index contributed by atoms with van der Waals surface area (Å²) in [6.07, 6.45) is -4.71. The van der Waals surface area contributed by atoms with Crippen LogP contribution >= 0.6 is 0 Å². The summed E-state index contributed by atoms with van der Waals surface area (Å²) in [5.41, 5.74) is 2.15. The van der Waals surface area contributed by atoms with Crippen LogP contribution in [0.15, 0.2) is 48.5 Å². The summed E-state index contributed by atoms with van der Waals surface area (Å²) in [4.78, 5) is 27.5. The number of carbonyl (C=O) groups excluding carboxylic acids is 2. The fraction of sp³-hybridized carbons (Fsp3) is 0.333. The van der Waals surface area contributed by atoms with Crippen LogP contribution in [0.4, 0.5) is 24.5 Å². The van der Waals surface area contributed by atoms with Gasteiger partial charge in [0.2, 0.25) is 5.91 Å². The lowest BCUT2D eigenvalue weighted by Gasteiger charge is -2.36. The van der Waals surface area contributed by atoms with Gasteiger partial charge in [0.15, 0.2) is 5.78 Å². The Kier molecular flexibility index (Phi) is 6.49. The summed E-state index contributed by atoms with van der Waals surface area (Å²) >= 11 is 0. The lowest BCUT2D eigenvalue weighted by Crippen LogP contribution is -2.50. The molecule has 30 heavy (non-hydrogen) atoms. The monoisotopic (exact) mass is 421 g/mol. The van der Waals surface area contributed by atoms with E-state index in [0.717, 1.165) is 11.4 Å². The number of hydrogen-bond donors (Lipinski definition) is 1. The molecule has 0 aliphatic carbocycles. The van der Waals surface area contributed by atoms with Crippen LogP contribution in [0.2, 0.25) is 0 Å². The average Bonchev–Trinajstić information content (AvgIpc) is 2.72. The first-order chi connectivity index (χ1) is 14.2. The van der Waals surface area contributed by atoms with Crippen LogP contribution in [0.25, 0.3) is 0 Å².